The lowest BCUT2D eigenvalue weighted by Crippen LogP contribution is -2.39. The van der Waals surface area contributed by atoms with Gasteiger partial charge < -0.3 is 10.2 Å². The van der Waals surface area contributed by atoms with Crippen LogP contribution in [0, 0.1) is 0 Å². The van der Waals surface area contributed by atoms with Crippen molar-refractivity contribution in [3.63, 3.8) is 0 Å². The number of nitrogens with zero attached hydrogens (tertiary/aromatic N) is 4. The molecular formula is C15H21N5. The molecule has 1 aliphatic heterocycles. The second-order valence-corrected chi connectivity index (χ2v) is 5.29. The van der Waals surface area contributed by atoms with Crippen molar-refractivity contribution in [3.8, 4) is 0 Å². The number of anilines is 1. The van der Waals surface area contributed by atoms with E-state index in [0.717, 1.165) is 36.6 Å². The molecule has 1 saturated heterocycles. The molecule has 0 radical (unpaired) electrons. The van der Waals surface area contributed by atoms with E-state index in [1.165, 1.54) is 19.3 Å². The van der Waals surface area contributed by atoms with Crippen LogP contribution in [-0.4, -0.2) is 40.9 Å². The molecule has 2 aromatic rings. The van der Waals surface area contributed by atoms with E-state index in [9.17, 15) is 0 Å². The Balaban J connectivity index is 1.78. The van der Waals surface area contributed by atoms with Crippen LogP contribution in [0.5, 0.6) is 0 Å². The highest BCUT2D eigenvalue weighted by Crippen LogP contribution is 2.22. The molecule has 1 aromatic carbocycles. The molecular weight excluding hydrogens is 250 g/mol. The Bertz CT molecular complexity index is 571. The maximum atomic E-state index is 4.66. The van der Waals surface area contributed by atoms with Crippen LogP contribution < -0.4 is 10.2 Å². The van der Waals surface area contributed by atoms with Crippen LogP contribution in [0.15, 0.2) is 24.3 Å². The fourth-order valence-corrected chi connectivity index (χ4v) is 2.75. The van der Waals surface area contributed by atoms with E-state index in [4.69, 9.17) is 0 Å². The standard InChI is InChI=1S/C15H21N5/c1-2-9-16-11-12-6-5-10-20(12)15-17-13-7-3-4-8-14(13)18-19-15/h3-4,7-8,12,16H,2,5-6,9-11H2,1H3. The first-order valence-electron chi connectivity index (χ1n) is 7.45. The first-order chi connectivity index (χ1) is 9.88. The monoisotopic (exact) mass is 271 g/mol. The molecule has 1 unspecified atom stereocenters. The van der Waals surface area contributed by atoms with Gasteiger partial charge in [0.1, 0.15) is 5.52 Å². The normalized spacial score (nSPS) is 18.9. The van der Waals surface area contributed by atoms with Gasteiger partial charge >= 0.3 is 0 Å². The molecule has 0 spiro atoms. The molecule has 1 aromatic heterocycles. The average Bonchev–Trinajstić information content (AvgIpc) is 2.95. The molecule has 0 saturated carbocycles. The van der Waals surface area contributed by atoms with Crippen molar-refractivity contribution in [2.75, 3.05) is 24.5 Å². The number of para-hydroxylation sites is 1. The summed E-state index contributed by atoms with van der Waals surface area (Å²) in [5.41, 5.74) is 1.78. The topological polar surface area (TPSA) is 53.9 Å². The molecule has 1 fully saturated rings. The van der Waals surface area contributed by atoms with Gasteiger partial charge in [-0.15, -0.1) is 10.2 Å². The Morgan fingerprint density at radius 3 is 2.95 bits per heavy atom. The van der Waals surface area contributed by atoms with Crippen molar-refractivity contribution in [2.24, 2.45) is 0 Å². The smallest absolute Gasteiger partial charge is 0.246 e. The van der Waals surface area contributed by atoms with E-state index in [1.807, 2.05) is 24.3 Å². The lowest BCUT2D eigenvalue weighted by Gasteiger charge is -2.24. The largest absolute Gasteiger partial charge is 0.335 e. The zero-order valence-electron chi connectivity index (χ0n) is 11.9. The highest BCUT2D eigenvalue weighted by Gasteiger charge is 2.26. The highest BCUT2D eigenvalue weighted by molar-refractivity contribution is 5.74. The Labute approximate surface area is 119 Å². The van der Waals surface area contributed by atoms with Gasteiger partial charge in [-0.1, -0.05) is 19.1 Å². The third-order valence-corrected chi connectivity index (χ3v) is 3.79. The molecule has 1 atom stereocenters. The van der Waals surface area contributed by atoms with Crippen LogP contribution in [0.25, 0.3) is 11.0 Å². The quantitative estimate of drug-likeness (QED) is 0.843. The lowest BCUT2D eigenvalue weighted by molar-refractivity contribution is 0.564. The number of benzene rings is 1. The average molecular weight is 271 g/mol. The molecule has 0 aliphatic carbocycles. The third-order valence-electron chi connectivity index (χ3n) is 3.79. The molecule has 0 bridgehead atoms. The molecule has 5 heteroatoms. The van der Waals surface area contributed by atoms with Crippen LogP contribution in [0.2, 0.25) is 0 Å². The van der Waals surface area contributed by atoms with Crippen molar-refractivity contribution < 1.29 is 0 Å². The summed E-state index contributed by atoms with van der Waals surface area (Å²) in [4.78, 5) is 6.95. The second kappa shape index (κ2) is 6.13. The zero-order valence-corrected chi connectivity index (χ0v) is 11.9. The van der Waals surface area contributed by atoms with Gasteiger partial charge in [0.15, 0.2) is 0 Å². The minimum atomic E-state index is 0.490. The summed E-state index contributed by atoms with van der Waals surface area (Å²) in [5.74, 6) is 0.768. The minimum absolute atomic E-state index is 0.490. The van der Waals surface area contributed by atoms with E-state index in [0.29, 0.717) is 6.04 Å². The van der Waals surface area contributed by atoms with Gasteiger partial charge in [-0.3, -0.25) is 0 Å². The summed E-state index contributed by atoms with van der Waals surface area (Å²) in [6.45, 7) is 5.29. The minimum Gasteiger partial charge on any atom is -0.335 e. The van der Waals surface area contributed by atoms with Gasteiger partial charge in [0.05, 0.1) is 5.52 Å². The van der Waals surface area contributed by atoms with Crippen molar-refractivity contribution in [1.29, 1.82) is 0 Å². The predicted molar refractivity (Wildman–Crippen MR) is 80.9 cm³/mol. The number of hydrogen-bond donors (Lipinski definition) is 1. The molecule has 0 amide bonds. The van der Waals surface area contributed by atoms with E-state index >= 15 is 0 Å². The number of aromatic nitrogens is 3. The van der Waals surface area contributed by atoms with Crippen LogP contribution in [0.4, 0.5) is 5.95 Å². The highest BCUT2D eigenvalue weighted by atomic mass is 15.3. The van der Waals surface area contributed by atoms with Gasteiger partial charge in [-0.25, -0.2) is 4.98 Å². The fourth-order valence-electron chi connectivity index (χ4n) is 2.75. The van der Waals surface area contributed by atoms with Gasteiger partial charge in [-0.05, 0) is 37.9 Å². The van der Waals surface area contributed by atoms with Gasteiger partial charge in [0, 0.05) is 19.1 Å². The van der Waals surface area contributed by atoms with E-state index in [2.05, 4.69) is 32.3 Å². The van der Waals surface area contributed by atoms with Crippen molar-refractivity contribution >= 4 is 17.0 Å². The second-order valence-electron chi connectivity index (χ2n) is 5.29. The van der Waals surface area contributed by atoms with Crippen LogP contribution in [0.3, 0.4) is 0 Å². The van der Waals surface area contributed by atoms with E-state index in [-0.39, 0.29) is 0 Å². The van der Waals surface area contributed by atoms with Gasteiger partial charge in [-0.2, -0.15) is 0 Å². The first-order valence-corrected chi connectivity index (χ1v) is 7.45. The molecule has 20 heavy (non-hydrogen) atoms. The summed E-state index contributed by atoms with van der Waals surface area (Å²) < 4.78 is 0. The maximum absolute atomic E-state index is 4.66. The summed E-state index contributed by atoms with van der Waals surface area (Å²) in [7, 11) is 0. The summed E-state index contributed by atoms with van der Waals surface area (Å²) in [6, 6.07) is 8.39. The molecule has 2 heterocycles. The van der Waals surface area contributed by atoms with Crippen LogP contribution in [0.1, 0.15) is 26.2 Å². The number of hydrogen-bond acceptors (Lipinski definition) is 5. The Hall–Kier alpha value is -1.75. The molecule has 3 rings (SSSR count). The van der Waals surface area contributed by atoms with E-state index in [1.54, 1.807) is 0 Å². The van der Waals surface area contributed by atoms with Gasteiger partial charge in [0.2, 0.25) is 5.95 Å². The SMILES string of the molecule is CCCNCC1CCCN1c1nnc2ccccc2n1. The molecule has 1 aliphatic rings. The Kier molecular flexibility index (Phi) is 4.06. The molecule has 1 N–H and O–H groups in total. The Morgan fingerprint density at radius 2 is 2.10 bits per heavy atom. The van der Waals surface area contributed by atoms with Gasteiger partial charge in [0.25, 0.3) is 0 Å². The third kappa shape index (κ3) is 2.72. The maximum Gasteiger partial charge on any atom is 0.246 e. The number of rotatable bonds is 5. The molecule has 5 nitrogen and oxygen atoms in total. The summed E-state index contributed by atoms with van der Waals surface area (Å²) in [6.07, 6.45) is 3.57. The van der Waals surface area contributed by atoms with E-state index < -0.39 is 0 Å². The lowest BCUT2D eigenvalue weighted by atomic mass is 10.2. The molecule has 106 valence electrons. The number of nitrogens with one attached hydrogen (secondary N) is 1. The van der Waals surface area contributed by atoms with Crippen molar-refractivity contribution in [3.05, 3.63) is 24.3 Å². The number of fused-ring (bicyclic) bond motifs is 1. The van der Waals surface area contributed by atoms with Crippen molar-refractivity contribution in [2.45, 2.75) is 32.2 Å². The summed E-state index contributed by atoms with van der Waals surface area (Å²) >= 11 is 0. The zero-order chi connectivity index (χ0) is 13.8. The summed E-state index contributed by atoms with van der Waals surface area (Å²) in [5, 5.41) is 12.1. The van der Waals surface area contributed by atoms with Crippen LogP contribution >= 0.6 is 0 Å². The fraction of sp³-hybridized carbons (Fsp3) is 0.533. The predicted octanol–water partition coefficient (Wildman–Crippen LogP) is 1.99. The Morgan fingerprint density at radius 1 is 1.25 bits per heavy atom. The first kappa shape index (κ1) is 13.2. The van der Waals surface area contributed by atoms with Crippen molar-refractivity contribution in [1.82, 2.24) is 20.5 Å². The van der Waals surface area contributed by atoms with Crippen LogP contribution in [-0.2, 0) is 0 Å².